The Labute approximate surface area is 76.5 Å². The summed E-state index contributed by atoms with van der Waals surface area (Å²) in [5.41, 5.74) is 1.41. The predicted molar refractivity (Wildman–Crippen MR) is 50.1 cm³/mol. The van der Waals surface area contributed by atoms with Crippen LogP contribution in [-0.4, -0.2) is 10.9 Å². The van der Waals surface area contributed by atoms with Gasteiger partial charge in [-0.1, -0.05) is 41.9 Å². The molecule has 0 atom stereocenters. The summed E-state index contributed by atoms with van der Waals surface area (Å²) in [5, 5.41) is 12.4. The van der Waals surface area contributed by atoms with Crippen LogP contribution in [0.5, 0.6) is 0 Å². The highest BCUT2D eigenvalue weighted by Crippen LogP contribution is 2.16. The molecular weight excluding hydrogens is 174 g/mol. The SMILES string of the molecule is CC/C(=N\O)c1ccccc1Cl. The van der Waals surface area contributed by atoms with E-state index in [4.69, 9.17) is 16.8 Å². The van der Waals surface area contributed by atoms with Crippen molar-refractivity contribution in [3.63, 3.8) is 0 Å². The molecule has 0 fully saturated rings. The monoisotopic (exact) mass is 183 g/mol. The third-order valence-corrected chi connectivity index (χ3v) is 1.97. The Bertz CT molecular complexity index is 296. The molecule has 0 aliphatic heterocycles. The second kappa shape index (κ2) is 4.12. The van der Waals surface area contributed by atoms with E-state index in [0.29, 0.717) is 17.2 Å². The van der Waals surface area contributed by atoms with E-state index < -0.39 is 0 Å². The Balaban J connectivity index is 3.10. The number of oxime groups is 1. The average molecular weight is 184 g/mol. The lowest BCUT2D eigenvalue weighted by Gasteiger charge is -2.02. The van der Waals surface area contributed by atoms with Crippen molar-refractivity contribution in [3.8, 4) is 0 Å². The van der Waals surface area contributed by atoms with Crippen molar-refractivity contribution in [2.24, 2.45) is 5.16 Å². The van der Waals surface area contributed by atoms with Crippen molar-refractivity contribution in [2.45, 2.75) is 13.3 Å². The van der Waals surface area contributed by atoms with Gasteiger partial charge >= 0.3 is 0 Å². The fourth-order valence-electron chi connectivity index (χ4n) is 1.01. The van der Waals surface area contributed by atoms with Gasteiger partial charge in [-0.2, -0.15) is 0 Å². The van der Waals surface area contributed by atoms with Crippen LogP contribution in [0.2, 0.25) is 5.02 Å². The van der Waals surface area contributed by atoms with E-state index >= 15 is 0 Å². The van der Waals surface area contributed by atoms with Crippen LogP contribution in [0.25, 0.3) is 0 Å². The van der Waals surface area contributed by atoms with Gasteiger partial charge in [0.2, 0.25) is 0 Å². The molecule has 0 bridgehead atoms. The number of benzene rings is 1. The highest BCUT2D eigenvalue weighted by atomic mass is 35.5. The number of nitrogens with zero attached hydrogens (tertiary/aromatic N) is 1. The zero-order valence-electron chi connectivity index (χ0n) is 6.79. The summed E-state index contributed by atoms with van der Waals surface area (Å²) in [6.45, 7) is 1.92. The van der Waals surface area contributed by atoms with Gasteiger partial charge in [-0.05, 0) is 12.5 Å². The second-order valence-electron chi connectivity index (χ2n) is 2.38. The fraction of sp³-hybridized carbons (Fsp3) is 0.222. The van der Waals surface area contributed by atoms with Crippen molar-refractivity contribution in [1.82, 2.24) is 0 Å². The van der Waals surface area contributed by atoms with Crippen molar-refractivity contribution in [3.05, 3.63) is 34.9 Å². The molecule has 0 saturated carbocycles. The molecular formula is C9H10ClNO. The van der Waals surface area contributed by atoms with Crippen LogP contribution in [0.4, 0.5) is 0 Å². The minimum Gasteiger partial charge on any atom is -0.411 e. The molecule has 0 radical (unpaired) electrons. The van der Waals surface area contributed by atoms with Crippen LogP contribution in [-0.2, 0) is 0 Å². The van der Waals surface area contributed by atoms with Gasteiger partial charge in [0, 0.05) is 10.6 Å². The van der Waals surface area contributed by atoms with Gasteiger partial charge in [-0.15, -0.1) is 0 Å². The van der Waals surface area contributed by atoms with Crippen molar-refractivity contribution in [2.75, 3.05) is 0 Å². The van der Waals surface area contributed by atoms with Gasteiger partial charge in [0.05, 0.1) is 5.71 Å². The first-order chi connectivity index (χ1) is 5.79. The van der Waals surface area contributed by atoms with Crippen molar-refractivity contribution >= 4 is 17.3 Å². The number of halogens is 1. The molecule has 0 aromatic heterocycles. The fourth-order valence-corrected chi connectivity index (χ4v) is 1.26. The van der Waals surface area contributed by atoms with E-state index in [1.807, 2.05) is 25.1 Å². The van der Waals surface area contributed by atoms with E-state index in [-0.39, 0.29) is 0 Å². The molecule has 0 aliphatic rings. The largest absolute Gasteiger partial charge is 0.411 e. The first-order valence-electron chi connectivity index (χ1n) is 3.75. The van der Waals surface area contributed by atoms with E-state index in [9.17, 15) is 0 Å². The molecule has 1 N–H and O–H groups in total. The summed E-state index contributed by atoms with van der Waals surface area (Å²) in [7, 11) is 0. The Kier molecular flexibility index (Phi) is 3.11. The molecule has 2 nitrogen and oxygen atoms in total. The molecule has 0 saturated heterocycles. The zero-order valence-corrected chi connectivity index (χ0v) is 7.54. The third kappa shape index (κ3) is 1.77. The maximum Gasteiger partial charge on any atom is 0.0880 e. The van der Waals surface area contributed by atoms with Gasteiger partial charge in [0.25, 0.3) is 0 Å². The van der Waals surface area contributed by atoms with Gasteiger partial charge in [0.15, 0.2) is 0 Å². The second-order valence-corrected chi connectivity index (χ2v) is 2.79. The summed E-state index contributed by atoms with van der Waals surface area (Å²) in [4.78, 5) is 0. The van der Waals surface area contributed by atoms with Crippen LogP contribution in [0.1, 0.15) is 18.9 Å². The Morgan fingerprint density at radius 3 is 2.67 bits per heavy atom. The van der Waals surface area contributed by atoms with Gasteiger partial charge in [-0.3, -0.25) is 0 Å². The molecule has 12 heavy (non-hydrogen) atoms. The van der Waals surface area contributed by atoms with E-state index in [1.54, 1.807) is 6.07 Å². The van der Waals surface area contributed by atoms with Crippen LogP contribution in [0, 0.1) is 0 Å². The molecule has 0 amide bonds. The number of hydrogen-bond acceptors (Lipinski definition) is 2. The summed E-state index contributed by atoms with van der Waals surface area (Å²) >= 11 is 5.88. The average Bonchev–Trinajstić information content (AvgIpc) is 2.10. The minimum atomic E-state index is 0.612. The molecule has 1 rings (SSSR count). The van der Waals surface area contributed by atoms with Crippen LogP contribution in [0.3, 0.4) is 0 Å². The van der Waals surface area contributed by atoms with Gasteiger partial charge in [-0.25, -0.2) is 0 Å². The molecule has 1 aromatic carbocycles. The van der Waals surface area contributed by atoms with E-state index in [0.717, 1.165) is 5.56 Å². The Hall–Kier alpha value is -1.02. The summed E-state index contributed by atoms with van der Waals surface area (Å²) in [6, 6.07) is 7.32. The highest BCUT2D eigenvalue weighted by Gasteiger charge is 2.04. The van der Waals surface area contributed by atoms with E-state index in [2.05, 4.69) is 5.16 Å². The maximum atomic E-state index is 8.63. The normalized spacial score (nSPS) is 11.7. The standard InChI is InChI=1S/C9H10ClNO/c1-2-9(11-12)7-5-3-4-6-8(7)10/h3-6,12H,2H2,1H3/b11-9+. The number of rotatable bonds is 2. The molecule has 0 spiro atoms. The maximum absolute atomic E-state index is 8.63. The minimum absolute atomic E-state index is 0.612. The predicted octanol–water partition coefficient (Wildman–Crippen LogP) is 2.93. The summed E-state index contributed by atoms with van der Waals surface area (Å²) in [5.74, 6) is 0. The lowest BCUT2D eigenvalue weighted by molar-refractivity contribution is 0.318. The Morgan fingerprint density at radius 2 is 2.17 bits per heavy atom. The molecule has 0 heterocycles. The molecule has 64 valence electrons. The first-order valence-corrected chi connectivity index (χ1v) is 4.13. The molecule has 0 aliphatic carbocycles. The topological polar surface area (TPSA) is 32.6 Å². The number of hydrogen-bond donors (Lipinski definition) is 1. The summed E-state index contributed by atoms with van der Waals surface area (Å²) in [6.07, 6.45) is 0.667. The lowest BCUT2D eigenvalue weighted by Crippen LogP contribution is -1.99. The van der Waals surface area contributed by atoms with Crippen LogP contribution in [0.15, 0.2) is 29.4 Å². The Morgan fingerprint density at radius 1 is 1.50 bits per heavy atom. The third-order valence-electron chi connectivity index (χ3n) is 1.64. The zero-order chi connectivity index (χ0) is 8.97. The smallest absolute Gasteiger partial charge is 0.0880 e. The quantitative estimate of drug-likeness (QED) is 0.427. The molecule has 0 unspecified atom stereocenters. The molecule has 1 aromatic rings. The summed E-state index contributed by atoms with van der Waals surface area (Å²) < 4.78 is 0. The van der Waals surface area contributed by atoms with Gasteiger partial charge in [0.1, 0.15) is 0 Å². The van der Waals surface area contributed by atoms with Crippen LogP contribution >= 0.6 is 11.6 Å². The van der Waals surface area contributed by atoms with Crippen LogP contribution < -0.4 is 0 Å². The highest BCUT2D eigenvalue weighted by molar-refractivity contribution is 6.34. The van der Waals surface area contributed by atoms with Crippen molar-refractivity contribution in [1.29, 1.82) is 0 Å². The first kappa shape index (κ1) is 9.07. The van der Waals surface area contributed by atoms with Gasteiger partial charge < -0.3 is 5.21 Å². The molecule has 3 heteroatoms. The van der Waals surface area contributed by atoms with Crippen molar-refractivity contribution < 1.29 is 5.21 Å². The van der Waals surface area contributed by atoms with E-state index in [1.165, 1.54) is 0 Å². The lowest BCUT2D eigenvalue weighted by atomic mass is 10.1.